The number of nitrogens with zero attached hydrogens (tertiary/aromatic N) is 1. The summed E-state index contributed by atoms with van der Waals surface area (Å²) in [7, 11) is 2.15. The van der Waals surface area contributed by atoms with Crippen LogP contribution in [0.5, 0.6) is 0 Å². The van der Waals surface area contributed by atoms with Crippen molar-refractivity contribution in [2.75, 3.05) is 40.0 Å². The van der Waals surface area contributed by atoms with Crippen LogP contribution >= 0.6 is 0 Å². The molecule has 70 valence electrons. The Morgan fingerprint density at radius 1 is 1.42 bits per heavy atom. The molecule has 1 unspecified atom stereocenters. The quantitative estimate of drug-likeness (QED) is 0.568. The van der Waals surface area contributed by atoms with Crippen LogP contribution in [0.3, 0.4) is 0 Å². The first-order valence-electron chi connectivity index (χ1n) is 4.59. The average Bonchev–Trinajstić information content (AvgIpc) is 2.00. The number of hydrogen-bond donors (Lipinski definition) is 0. The van der Waals surface area contributed by atoms with E-state index in [4.69, 9.17) is 9.47 Å². The van der Waals surface area contributed by atoms with Crippen molar-refractivity contribution in [3.05, 3.63) is 0 Å². The molecule has 0 aromatic rings. The van der Waals surface area contributed by atoms with E-state index in [2.05, 4.69) is 18.9 Å². The first-order chi connectivity index (χ1) is 5.71. The van der Waals surface area contributed by atoms with Crippen LogP contribution in [0.25, 0.3) is 0 Å². The van der Waals surface area contributed by atoms with Gasteiger partial charge in [-0.25, -0.2) is 0 Å². The molecule has 0 aromatic carbocycles. The molecule has 2 aliphatic heterocycles. The molecule has 3 nitrogen and oxygen atoms in total. The topological polar surface area (TPSA) is 21.7 Å². The lowest BCUT2D eigenvalue weighted by molar-refractivity contribution is -0.194. The van der Waals surface area contributed by atoms with Crippen LogP contribution in [0.1, 0.15) is 6.92 Å². The highest BCUT2D eigenvalue weighted by Crippen LogP contribution is 2.33. The van der Waals surface area contributed by atoms with Gasteiger partial charge < -0.3 is 14.4 Å². The number of rotatable bonds is 1. The highest BCUT2D eigenvalue weighted by Gasteiger charge is 2.43. The first-order valence-corrected chi connectivity index (χ1v) is 4.59. The van der Waals surface area contributed by atoms with Gasteiger partial charge in [-0.15, -0.1) is 0 Å². The van der Waals surface area contributed by atoms with E-state index in [1.165, 1.54) is 0 Å². The van der Waals surface area contributed by atoms with Gasteiger partial charge in [0.2, 0.25) is 0 Å². The van der Waals surface area contributed by atoms with Gasteiger partial charge in [-0.3, -0.25) is 0 Å². The van der Waals surface area contributed by atoms with Crippen LogP contribution < -0.4 is 0 Å². The monoisotopic (exact) mass is 171 g/mol. The van der Waals surface area contributed by atoms with Crippen LogP contribution in [0.4, 0.5) is 0 Å². The van der Waals surface area contributed by atoms with Gasteiger partial charge in [0.25, 0.3) is 0 Å². The van der Waals surface area contributed by atoms with Crippen LogP contribution in [-0.2, 0) is 9.47 Å². The molecule has 0 radical (unpaired) electrons. The van der Waals surface area contributed by atoms with Gasteiger partial charge >= 0.3 is 0 Å². The summed E-state index contributed by atoms with van der Waals surface area (Å²) in [4.78, 5) is 2.33. The van der Waals surface area contributed by atoms with Crippen LogP contribution in [-0.4, -0.2) is 51.0 Å². The summed E-state index contributed by atoms with van der Waals surface area (Å²) in [6, 6.07) is 0. The van der Waals surface area contributed by atoms with E-state index in [0.717, 1.165) is 32.9 Å². The molecule has 0 aliphatic carbocycles. The highest BCUT2D eigenvalue weighted by molar-refractivity contribution is 4.91. The SMILES string of the molecule is CN1CCOC(C2(C)COC2)C1. The van der Waals surface area contributed by atoms with E-state index in [0.29, 0.717) is 6.10 Å². The lowest BCUT2D eigenvalue weighted by atomic mass is 9.81. The van der Waals surface area contributed by atoms with Crippen molar-refractivity contribution in [2.45, 2.75) is 13.0 Å². The normalized spacial score (nSPS) is 36.0. The second-order valence-electron chi connectivity index (χ2n) is 4.27. The van der Waals surface area contributed by atoms with Gasteiger partial charge in [-0.2, -0.15) is 0 Å². The summed E-state index contributed by atoms with van der Waals surface area (Å²) >= 11 is 0. The largest absolute Gasteiger partial charge is 0.380 e. The van der Waals surface area contributed by atoms with E-state index < -0.39 is 0 Å². The number of morpholine rings is 1. The molecular formula is C9H17NO2. The second kappa shape index (κ2) is 2.98. The molecular weight excluding hydrogens is 154 g/mol. The van der Waals surface area contributed by atoms with Crippen molar-refractivity contribution >= 4 is 0 Å². The zero-order valence-electron chi connectivity index (χ0n) is 7.88. The third-order valence-electron chi connectivity index (χ3n) is 2.91. The zero-order valence-corrected chi connectivity index (χ0v) is 7.88. The number of ether oxygens (including phenoxy) is 2. The van der Waals surface area contributed by atoms with Crippen LogP contribution in [0.15, 0.2) is 0 Å². The molecule has 2 saturated heterocycles. The molecule has 2 aliphatic rings. The first kappa shape index (κ1) is 8.48. The van der Waals surface area contributed by atoms with Gasteiger partial charge in [-0.05, 0) is 7.05 Å². The average molecular weight is 171 g/mol. The van der Waals surface area contributed by atoms with Crippen molar-refractivity contribution in [3.8, 4) is 0 Å². The Morgan fingerprint density at radius 3 is 2.67 bits per heavy atom. The van der Waals surface area contributed by atoms with E-state index in [9.17, 15) is 0 Å². The smallest absolute Gasteiger partial charge is 0.0800 e. The van der Waals surface area contributed by atoms with Crippen molar-refractivity contribution in [2.24, 2.45) is 5.41 Å². The van der Waals surface area contributed by atoms with Gasteiger partial charge in [0.05, 0.1) is 25.9 Å². The molecule has 2 fully saturated rings. The molecule has 0 bridgehead atoms. The van der Waals surface area contributed by atoms with Crippen molar-refractivity contribution in [3.63, 3.8) is 0 Å². The summed E-state index contributed by atoms with van der Waals surface area (Å²) < 4.78 is 11.0. The molecule has 12 heavy (non-hydrogen) atoms. The Balaban J connectivity index is 1.94. The summed E-state index contributed by atoms with van der Waals surface area (Å²) in [6.45, 7) is 6.97. The van der Waals surface area contributed by atoms with E-state index in [1.807, 2.05) is 0 Å². The summed E-state index contributed by atoms with van der Waals surface area (Å²) in [5.74, 6) is 0. The molecule has 2 heterocycles. The lowest BCUT2D eigenvalue weighted by Gasteiger charge is -2.47. The van der Waals surface area contributed by atoms with Crippen molar-refractivity contribution in [1.82, 2.24) is 4.90 Å². The minimum Gasteiger partial charge on any atom is -0.380 e. The lowest BCUT2D eigenvalue weighted by Crippen LogP contribution is -2.56. The molecule has 0 amide bonds. The maximum absolute atomic E-state index is 5.73. The fourth-order valence-corrected chi connectivity index (χ4v) is 1.81. The Hall–Kier alpha value is -0.120. The number of likely N-dealkylation sites (N-methyl/N-ethyl adjacent to an activating group) is 1. The molecule has 0 N–H and O–H groups in total. The van der Waals surface area contributed by atoms with Gasteiger partial charge in [0.1, 0.15) is 0 Å². The molecule has 3 heteroatoms. The van der Waals surface area contributed by atoms with Crippen molar-refractivity contribution in [1.29, 1.82) is 0 Å². The predicted octanol–water partition coefficient (Wildman–Crippen LogP) is 0.353. The minimum atomic E-state index is 0.286. The Morgan fingerprint density at radius 2 is 2.17 bits per heavy atom. The Kier molecular flexibility index (Phi) is 2.10. The second-order valence-corrected chi connectivity index (χ2v) is 4.27. The predicted molar refractivity (Wildman–Crippen MR) is 46.2 cm³/mol. The standard InChI is InChI=1S/C9H17NO2/c1-9(6-11-7-9)8-5-10(2)3-4-12-8/h8H,3-7H2,1-2H3. The van der Waals surface area contributed by atoms with Gasteiger partial charge in [0, 0.05) is 18.5 Å². The van der Waals surface area contributed by atoms with Gasteiger partial charge in [-0.1, -0.05) is 6.92 Å². The fraction of sp³-hybridized carbons (Fsp3) is 1.00. The Bertz CT molecular complexity index is 168. The minimum absolute atomic E-state index is 0.286. The summed E-state index contributed by atoms with van der Waals surface area (Å²) in [5.41, 5.74) is 0.286. The fourth-order valence-electron chi connectivity index (χ4n) is 1.81. The van der Waals surface area contributed by atoms with Crippen LogP contribution in [0.2, 0.25) is 0 Å². The number of hydrogen-bond acceptors (Lipinski definition) is 3. The zero-order chi connectivity index (χ0) is 8.60. The maximum Gasteiger partial charge on any atom is 0.0800 e. The third kappa shape index (κ3) is 1.37. The van der Waals surface area contributed by atoms with E-state index in [1.54, 1.807) is 0 Å². The molecule has 1 atom stereocenters. The van der Waals surface area contributed by atoms with Crippen LogP contribution in [0, 0.1) is 5.41 Å². The molecule has 0 saturated carbocycles. The van der Waals surface area contributed by atoms with E-state index in [-0.39, 0.29) is 5.41 Å². The van der Waals surface area contributed by atoms with E-state index >= 15 is 0 Å². The summed E-state index contributed by atoms with van der Waals surface area (Å²) in [5, 5.41) is 0. The third-order valence-corrected chi connectivity index (χ3v) is 2.91. The molecule has 0 spiro atoms. The highest BCUT2D eigenvalue weighted by atomic mass is 16.5. The summed E-state index contributed by atoms with van der Waals surface area (Å²) in [6.07, 6.45) is 0.380. The molecule has 2 rings (SSSR count). The van der Waals surface area contributed by atoms with Gasteiger partial charge in [0.15, 0.2) is 0 Å². The Labute approximate surface area is 73.6 Å². The maximum atomic E-state index is 5.73. The van der Waals surface area contributed by atoms with Crippen molar-refractivity contribution < 1.29 is 9.47 Å². The molecule has 0 aromatic heterocycles.